The van der Waals surface area contributed by atoms with Crippen LogP contribution in [0.4, 0.5) is 0 Å². The van der Waals surface area contributed by atoms with Crippen molar-refractivity contribution in [1.29, 1.82) is 0 Å². The van der Waals surface area contributed by atoms with Gasteiger partial charge in [0, 0.05) is 6.42 Å². The Morgan fingerprint density at radius 2 is 2.17 bits per heavy atom. The molecule has 0 bridgehead atoms. The molecule has 0 spiro atoms. The average molecular weight is 418 g/mol. The van der Waals surface area contributed by atoms with Gasteiger partial charge in [-0.1, -0.05) is 18.9 Å². The van der Waals surface area contributed by atoms with Crippen molar-refractivity contribution < 1.29 is 23.8 Å². The van der Waals surface area contributed by atoms with E-state index >= 15 is 0 Å². The molecule has 0 saturated carbocycles. The van der Waals surface area contributed by atoms with Crippen LogP contribution in [0, 0.1) is 0 Å². The molecule has 8 heteroatoms. The number of nitrogens with zero attached hydrogens (tertiary/aromatic N) is 1. The number of hydroxylamine groups is 2. The van der Waals surface area contributed by atoms with Crippen LogP contribution in [0.5, 0.6) is 5.75 Å². The second-order valence-corrected chi connectivity index (χ2v) is 6.79. The number of hydrogen-bond acceptors (Lipinski definition) is 6. The normalized spacial score (nSPS) is 16.3. The Kier molecular flexibility index (Phi) is 7.90. The van der Waals surface area contributed by atoms with Crippen molar-refractivity contribution in [1.82, 2.24) is 5.23 Å². The van der Waals surface area contributed by atoms with Crippen LogP contribution in [0.1, 0.15) is 37.7 Å². The summed E-state index contributed by atoms with van der Waals surface area (Å²) in [6.45, 7) is 0.643. The van der Waals surface area contributed by atoms with Crippen LogP contribution in [-0.4, -0.2) is 30.0 Å². The minimum Gasteiger partial charge on any atom is -0.496 e. The van der Waals surface area contributed by atoms with Gasteiger partial charge in [0.1, 0.15) is 5.75 Å². The van der Waals surface area contributed by atoms with Crippen LogP contribution in [0.3, 0.4) is 0 Å². The monoisotopic (exact) mass is 417 g/mol. The van der Waals surface area contributed by atoms with Gasteiger partial charge in [-0.3, -0.25) is 4.79 Å². The van der Waals surface area contributed by atoms with Gasteiger partial charge in [0.05, 0.1) is 30.2 Å². The molecule has 0 aromatic heterocycles. The number of hydrogen-bond donors (Lipinski definition) is 1. The molecule has 1 N–H and O–H groups in total. The highest BCUT2D eigenvalue weighted by Crippen LogP contribution is 2.33. The fourth-order valence-corrected chi connectivity index (χ4v) is 3.24. The molecule has 1 aliphatic heterocycles. The maximum atomic E-state index is 10.4. The fourth-order valence-electron chi connectivity index (χ4n) is 2.12. The maximum Gasteiger partial charge on any atom is 0.303 e. The number of benzene rings is 1. The first-order chi connectivity index (χ1) is 11.6. The van der Waals surface area contributed by atoms with Crippen molar-refractivity contribution in [2.24, 2.45) is 0 Å². The number of ether oxygens (including phenoxy) is 1. The van der Waals surface area contributed by atoms with Gasteiger partial charge in [0.15, 0.2) is 0 Å². The lowest BCUT2D eigenvalue weighted by Crippen LogP contribution is -2.16. The Morgan fingerprint density at radius 1 is 1.38 bits per heavy atom. The third kappa shape index (κ3) is 6.35. The van der Waals surface area contributed by atoms with E-state index in [0.29, 0.717) is 18.1 Å². The van der Waals surface area contributed by atoms with Gasteiger partial charge < -0.3 is 14.7 Å². The number of carboxylic acids is 1. The summed E-state index contributed by atoms with van der Waals surface area (Å²) >= 11 is 4.63. The molecule has 1 aromatic rings. The molecule has 1 fully saturated rings. The molecule has 1 aromatic carbocycles. The number of aliphatic carboxylic acids is 1. The van der Waals surface area contributed by atoms with Crippen LogP contribution in [0.25, 0.3) is 6.08 Å². The van der Waals surface area contributed by atoms with Gasteiger partial charge >= 0.3 is 5.97 Å². The van der Waals surface area contributed by atoms with E-state index in [0.717, 1.165) is 35.0 Å². The van der Waals surface area contributed by atoms with Gasteiger partial charge in [-0.25, -0.2) is 0 Å². The third-order valence-corrected chi connectivity index (χ3v) is 4.55. The predicted molar refractivity (Wildman–Crippen MR) is 95.9 cm³/mol. The Hall–Kier alpha value is -1.22. The smallest absolute Gasteiger partial charge is 0.303 e. The van der Waals surface area contributed by atoms with Crippen LogP contribution in [0.2, 0.25) is 0 Å². The first-order valence-corrected chi connectivity index (χ1v) is 9.19. The summed E-state index contributed by atoms with van der Waals surface area (Å²) in [5.74, 6) is 0.0375. The Labute approximate surface area is 154 Å². The molecule has 0 atom stereocenters. The second-order valence-electron chi connectivity index (χ2n) is 5.22. The topological polar surface area (TPSA) is 68.2 Å². The predicted octanol–water partition coefficient (Wildman–Crippen LogP) is 4.62. The van der Waals surface area contributed by atoms with E-state index in [1.165, 1.54) is 17.3 Å². The van der Waals surface area contributed by atoms with E-state index < -0.39 is 5.97 Å². The van der Waals surface area contributed by atoms with Crippen molar-refractivity contribution in [2.75, 3.05) is 13.7 Å². The van der Waals surface area contributed by atoms with Crippen molar-refractivity contribution in [2.45, 2.75) is 32.1 Å². The quantitative estimate of drug-likeness (QED) is 0.464. The van der Waals surface area contributed by atoms with E-state index in [9.17, 15) is 4.79 Å². The van der Waals surface area contributed by atoms with Crippen LogP contribution in [-0.2, 0) is 13.9 Å². The van der Waals surface area contributed by atoms with E-state index in [1.807, 2.05) is 24.3 Å². The van der Waals surface area contributed by atoms with E-state index in [4.69, 9.17) is 19.0 Å². The van der Waals surface area contributed by atoms with Gasteiger partial charge in [-0.15, -0.1) is 0 Å². The minimum absolute atomic E-state index is 0.233. The summed E-state index contributed by atoms with van der Waals surface area (Å²) in [6, 6.07) is 5.76. The van der Waals surface area contributed by atoms with E-state index in [2.05, 4.69) is 15.9 Å². The molecular weight excluding hydrogens is 398 g/mol. The molecule has 1 heterocycles. The summed E-state index contributed by atoms with van der Waals surface area (Å²) in [5, 5.41) is 10.7. The van der Waals surface area contributed by atoms with Gasteiger partial charge in [-0.05, 0) is 57.8 Å². The average Bonchev–Trinajstić information content (AvgIpc) is 2.98. The minimum atomic E-state index is -0.738. The molecule has 1 saturated heterocycles. The first kappa shape index (κ1) is 19.1. The van der Waals surface area contributed by atoms with Gasteiger partial charge in [0.25, 0.3) is 0 Å². The molecule has 0 unspecified atom stereocenters. The lowest BCUT2D eigenvalue weighted by atomic mass is 10.1. The van der Waals surface area contributed by atoms with Gasteiger partial charge in [-0.2, -0.15) is 4.28 Å². The molecule has 2 rings (SSSR count). The number of halogens is 1. The number of methoxy groups -OCH3 is 1. The Morgan fingerprint density at radius 3 is 2.88 bits per heavy atom. The standard InChI is InChI=1S/C16H20BrNO5S/c1-21-14-8-7-12(10-13(14)17)11-16-22-18(23-24-16)9-5-3-2-4-6-15(19)20/h7-8,10-11H,2-6,9H2,1H3,(H,19,20)/b16-11-. The molecule has 0 amide bonds. The SMILES string of the molecule is COc1ccc(/C=C2/ON(CCCCCCC(=O)O)OS2)cc1Br. The zero-order valence-electron chi connectivity index (χ0n) is 13.4. The zero-order chi connectivity index (χ0) is 17.4. The maximum absolute atomic E-state index is 10.4. The fraction of sp³-hybridized carbons (Fsp3) is 0.438. The number of rotatable bonds is 9. The molecule has 0 radical (unpaired) electrons. The molecule has 6 nitrogen and oxygen atoms in total. The van der Waals surface area contributed by atoms with Crippen molar-refractivity contribution >= 4 is 40.0 Å². The summed E-state index contributed by atoms with van der Waals surface area (Å²) in [4.78, 5) is 16.0. The Bertz CT molecular complexity index is 596. The molecule has 24 heavy (non-hydrogen) atoms. The highest BCUT2D eigenvalue weighted by Gasteiger charge is 2.20. The van der Waals surface area contributed by atoms with Gasteiger partial charge in [0.2, 0.25) is 5.09 Å². The Balaban J connectivity index is 1.72. The van der Waals surface area contributed by atoms with Crippen LogP contribution in [0.15, 0.2) is 27.8 Å². The summed E-state index contributed by atoms with van der Waals surface area (Å²) in [6.07, 6.45) is 5.57. The third-order valence-electron chi connectivity index (χ3n) is 3.34. The molecular formula is C16H20BrNO5S. The zero-order valence-corrected chi connectivity index (χ0v) is 15.8. The highest BCUT2D eigenvalue weighted by atomic mass is 79.9. The number of carboxylic acid groups (broad SMARTS) is 1. The summed E-state index contributed by atoms with van der Waals surface area (Å²) in [7, 11) is 1.63. The van der Waals surface area contributed by atoms with E-state index in [-0.39, 0.29) is 6.42 Å². The molecule has 0 aliphatic carbocycles. The van der Waals surface area contributed by atoms with Crippen LogP contribution >= 0.6 is 28.0 Å². The molecule has 1 aliphatic rings. The largest absolute Gasteiger partial charge is 0.496 e. The molecule has 132 valence electrons. The summed E-state index contributed by atoms with van der Waals surface area (Å²) in [5.41, 5.74) is 0.976. The summed E-state index contributed by atoms with van der Waals surface area (Å²) < 4.78 is 11.5. The lowest BCUT2D eigenvalue weighted by Gasteiger charge is -2.10. The van der Waals surface area contributed by atoms with Crippen molar-refractivity contribution in [3.63, 3.8) is 0 Å². The lowest BCUT2D eigenvalue weighted by molar-refractivity contribution is -0.259. The number of unbranched alkanes of at least 4 members (excludes halogenated alkanes) is 3. The first-order valence-electron chi connectivity index (χ1n) is 7.65. The van der Waals surface area contributed by atoms with Crippen molar-refractivity contribution in [3.8, 4) is 5.75 Å². The van der Waals surface area contributed by atoms with E-state index in [1.54, 1.807) is 7.11 Å². The number of carbonyl (C=O) groups is 1. The highest BCUT2D eigenvalue weighted by molar-refractivity contribution is 9.10. The van der Waals surface area contributed by atoms with Crippen molar-refractivity contribution in [3.05, 3.63) is 33.3 Å². The van der Waals surface area contributed by atoms with Crippen LogP contribution < -0.4 is 4.74 Å². The second kappa shape index (κ2) is 9.93.